The maximum atomic E-state index is 12.5. The van der Waals surface area contributed by atoms with E-state index in [2.05, 4.69) is 10.6 Å². The Morgan fingerprint density at radius 3 is 1.38 bits per heavy atom. The summed E-state index contributed by atoms with van der Waals surface area (Å²) in [6, 6.07) is 8.46. The number of nitrogens with zero attached hydrogens (tertiary/aromatic N) is 2. The Labute approximate surface area is 184 Å². The minimum Gasteiger partial charge on any atom is -0.349 e. The van der Waals surface area contributed by atoms with Crippen molar-refractivity contribution < 1.29 is 19.4 Å². The van der Waals surface area contributed by atoms with E-state index in [1.54, 1.807) is 13.8 Å². The molecule has 0 spiro atoms. The van der Waals surface area contributed by atoms with E-state index in [0.29, 0.717) is 47.9 Å². The van der Waals surface area contributed by atoms with Crippen molar-refractivity contribution in [1.29, 1.82) is 0 Å². The fraction of sp³-hybridized carbons (Fsp3) is 0.364. The highest BCUT2D eigenvalue weighted by Crippen LogP contribution is 2.23. The molecule has 0 radical (unpaired) electrons. The highest BCUT2D eigenvalue weighted by molar-refractivity contribution is 5.95. The van der Waals surface area contributed by atoms with Crippen LogP contribution in [0.4, 0.5) is 11.4 Å². The summed E-state index contributed by atoms with van der Waals surface area (Å²) in [5.74, 6) is -0.561. The van der Waals surface area contributed by atoms with Crippen molar-refractivity contribution in [2.45, 2.75) is 51.6 Å². The van der Waals surface area contributed by atoms with Crippen molar-refractivity contribution in [2.75, 3.05) is 0 Å². The van der Waals surface area contributed by atoms with Crippen LogP contribution in [0.3, 0.4) is 0 Å². The molecule has 0 saturated heterocycles. The van der Waals surface area contributed by atoms with Crippen LogP contribution in [0.5, 0.6) is 0 Å². The van der Waals surface area contributed by atoms with Crippen molar-refractivity contribution in [3.8, 4) is 0 Å². The maximum absolute atomic E-state index is 12.5. The van der Waals surface area contributed by atoms with Gasteiger partial charge in [-0.1, -0.05) is 0 Å². The molecule has 0 bridgehead atoms. The summed E-state index contributed by atoms with van der Waals surface area (Å²) in [4.78, 5) is 45.9. The van der Waals surface area contributed by atoms with Crippen LogP contribution in [-0.2, 0) is 0 Å². The molecule has 0 atom stereocenters. The Morgan fingerprint density at radius 2 is 1.09 bits per heavy atom. The van der Waals surface area contributed by atoms with Crippen LogP contribution in [0.2, 0.25) is 0 Å². The zero-order valence-corrected chi connectivity index (χ0v) is 17.8. The zero-order chi connectivity index (χ0) is 23.4. The fourth-order valence-electron chi connectivity index (χ4n) is 3.92. The van der Waals surface area contributed by atoms with Gasteiger partial charge in [-0.05, 0) is 63.8 Å². The van der Waals surface area contributed by atoms with Crippen LogP contribution in [0.25, 0.3) is 0 Å². The summed E-state index contributed by atoms with van der Waals surface area (Å²) in [6.45, 7) is 3.18. The molecule has 1 aliphatic carbocycles. The number of hydrogen-bond acceptors (Lipinski definition) is 6. The van der Waals surface area contributed by atoms with Crippen LogP contribution in [-0.4, -0.2) is 33.7 Å². The summed E-state index contributed by atoms with van der Waals surface area (Å²) < 4.78 is 0. The van der Waals surface area contributed by atoms with Crippen molar-refractivity contribution >= 4 is 23.2 Å². The van der Waals surface area contributed by atoms with Gasteiger partial charge >= 0.3 is 0 Å². The van der Waals surface area contributed by atoms with E-state index in [1.807, 2.05) is 0 Å². The Balaban J connectivity index is 1.52. The summed E-state index contributed by atoms with van der Waals surface area (Å²) >= 11 is 0. The van der Waals surface area contributed by atoms with Gasteiger partial charge in [0.2, 0.25) is 0 Å². The minimum absolute atomic E-state index is 0.0268. The number of hydrogen-bond donors (Lipinski definition) is 2. The third-order valence-corrected chi connectivity index (χ3v) is 5.71. The zero-order valence-electron chi connectivity index (χ0n) is 17.8. The molecule has 0 aromatic heterocycles. The van der Waals surface area contributed by atoms with Crippen LogP contribution < -0.4 is 10.6 Å². The number of rotatable bonds is 6. The van der Waals surface area contributed by atoms with E-state index >= 15 is 0 Å². The molecule has 32 heavy (non-hydrogen) atoms. The summed E-state index contributed by atoms with van der Waals surface area (Å²) in [7, 11) is 0. The number of aryl methyl sites for hydroxylation is 2. The largest absolute Gasteiger partial charge is 0.349 e. The lowest BCUT2D eigenvalue weighted by Crippen LogP contribution is -2.43. The average molecular weight is 440 g/mol. The maximum Gasteiger partial charge on any atom is 0.272 e. The molecule has 2 aromatic rings. The topological polar surface area (TPSA) is 144 Å². The van der Waals surface area contributed by atoms with Gasteiger partial charge in [0, 0.05) is 46.5 Å². The number of amides is 2. The highest BCUT2D eigenvalue weighted by atomic mass is 16.6. The van der Waals surface area contributed by atoms with E-state index in [9.17, 15) is 29.8 Å². The second-order valence-electron chi connectivity index (χ2n) is 8.01. The van der Waals surface area contributed by atoms with E-state index < -0.39 is 9.85 Å². The van der Waals surface area contributed by atoms with E-state index in [-0.39, 0.29) is 35.3 Å². The molecule has 2 N–H and O–H groups in total. The van der Waals surface area contributed by atoms with Crippen LogP contribution in [0.15, 0.2) is 36.4 Å². The third-order valence-electron chi connectivity index (χ3n) is 5.71. The van der Waals surface area contributed by atoms with E-state index in [1.165, 1.54) is 36.4 Å². The summed E-state index contributed by atoms with van der Waals surface area (Å²) in [5.41, 5.74) is 1.54. The van der Waals surface area contributed by atoms with Crippen LogP contribution in [0.1, 0.15) is 57.5 Å². The molecule has 10 nitrogen and oxygen atoms in total. The van der Waals surface area contributed by atoms with Gasteiger partial charge in [0.05, 0.1) is 9.85 Å². The molecule has 0 aliphatic heterocycles. The Bertz CT molecular complexity index is 991. The number of carbonyl (C=O) groups is 2. The molecular weight excluding hydrogens is 416 g/mol. The highest BCUT2D eigenvalue weighted by Gasteiger charge is 2.25. The van der Waals surface area contributed by atoms with Gasteiger partial charge in [0.1, 0.15) is 0 Å². The third kappa shape index (κ3) is 5.26. The molecule has 0 unspecified atom stereocenters. The van der Waals surface area contributed by atoms with E-state index in [4.69, 9.17) is 0 Å². The van der Waals surface area contributed by atoms with Gasteiger partial charge in [-0.2, -0.15) is 0 Å². The van der Waals surface area contributed by atoms with Gasteiger partial charge in [-0.25, -0.2) is 0 Å². The first-order valence-corrected chi connectivity index (χ1v) is 10.3. The Kier molecular flexibility index (Phi) is 6.82. The number of nitro groups is 2. The lowest BCUT2D eigenvalue weighted by atomic mass is 9.90. The van der Waals surface area contributed by atoms with Gasteiger partial charge < -0.3 is 10.6 Å². The predicted octanol–water partition coefficient (Wildman–Crippen LogP) is 3.59. The van der Waals surface area contributed by atoms with Gasteiger partial charge in [-0.15, -0.1) is 0 Å². The monoisotopic (exact) mass is 440 g/mol. The molecule has 0 heterocycles. The molecule has 1 saturated carbocycles. The van der Waals surface area contributed by atoms with Crippen LogP contribution in [0, 0.1) is 34.1 Å². The lowest BCUT2D eigenvalue weighted by Gasteiger charge is -2.29. The predicted molar refractivity (Wildman–Crippen MR) is 117 cm³/mol. The SMILES string of the molecule is Cc1cc(C(=O)NC2CCC(NC(=O)c3ccc([N+](=O)[O-])c(C)c3)CC2)ccc1[N+](=O)[O-]. The quantitative estimate of drug-likeness (QED) is 0.519. The van der Waals surface area contributed by atoms with Crippen molar-refractivity contribution in [1.82, 2.24) is 10.6 Å². The first-order chi connectivity index (χ1) is 15.2. The number of nitrogens with one attached hydrogen (secondary N) is 2. The van der Waals surface area contributed by atoms with Crippen molar-refractivity contribution in [2.24, 2.45) is 0 Å². The molecule has 1 aliphatic rings. The van der Waals surface area contributed by atoms with E-state index in [0.717, 1.165) is 0 Å². The van der Waals surface area contributed by atoms with Gasteiger partial charge in [0.25, 0.3) is 23.2 Å². The normalized spacial score (nSPS) is 17.9. The molecule has 168 valence electrons. The molecule has 10 heteroatoms. The minimum atomic E-state index is -0.482. The summed E-state index contributed by atoms with van der Waals surface area (Å²) in [6.07, 6.45) is 2.73. The molecular formula is C22H24N4O6. The van der Waals surface area contributed by atoms with Gasteiger partial charge in [0.15, 0.2) is 0 Å². The molecule has 2 amide bonds. The first kappa shape index (κ1) is 22.9. The Hall–Kier alpha value is -3.82. The smallest absolute Gasteiger partial charge is 0.272 e. The van der Waals surface area contributed by atoms with Crippen molar-refractivity contribution in [3.63, 3.8) is 0 Å². The lowest BCUT2D eigenvalue weighted by molar-refractivity contribution is -0.385. The molecule has 1 fully saturated rings. The average Bonchev–Trinajstić information content (AvgIpc) is 2.74. The second-order valence-corrected chi connectivity index (χ2v) is 8.01. The van der Waals surface area contributed by atoms with Gasteiger partial charge in [-0.3, -0.25) is 29.8 Å². The number of nitro benzene ring substituents is 2. The Morgan fingerprint density at radius 1 is 0.750 bits per heavy atom. The summed E-state index contributed by atoms with van der Waals surface area (Å²) in [5, 5.41) is 27.8. The standard InChI is InChI=1S/C22H24N4O6/c1-13-11-15(3-9-19(13)25(29)30)21(27)23-17-5-7-18(8-6-17)24-22(28)16-4-10-20(26(31)32)14(2)12-16/h3-4,9-12,17-18H,5-8H2,1-2H3,(H,23,27)(H,24,28). The number of benzene rings is 2. The van der Waals surface area contributed by atoms with Crippen LogP contribution >= 0.6 is 0 Å². The molecule has 3 rings (SSSR count). The molecule has 2 aromatic carbocycles. The number of carbonyl (C=O) groups excluding carboxylic acids is 2. The fourth-order valence-corrected chi connectivity index (χ4v) is 3.92. The first-order valence-electron chi connectivity index (χ1n) is 10.3. The second kappa shape index (κ2) is 9.54. The van der Waals surface area contributed by atoms with Crippen molar-refractivity contribution in [3.05, 3.63) is 78.9 Å².